The van der Waals surface area contributed by atoms with Crippen LogP contribution in [0.3, 0.4) is 0 Å². The lowest BCUT2D eigenvalue weighted by atomic mass is 10.1. The first-order valence-corrected chi connectivity index (χ1v) is 12.2. The summed E-state index contributed by atoms with van der Waals surface area (Å²) in [5, 5.41) is 15.5. The highest BCUT2D eigenvalue weighted by atomic mass is 32.2. The summed E-state index contributed by atoms with van der Waals surface area (Å²) in [7, 11) is 0. The van der Waals surface area contributed by atoms with Gasteiger partial charge in [0.2, 0.25) is 5.91 Å². The number of thiazole rings is 1. The molecule has 0 saturated carbocycles. The zero-order valence-electron chi connectivity index (χ0n) is 17.9. The first-order chi connectivity index (χ1) is 16.2. The van der Waals surface area contributed by atoms with Crippen LogP contribution in [-0.4, -0.2) is 26.8 Å². The van der Waals surface area contributed by atoms with Crippen molar-refractivity contribution in [3.8, 4) is 21.1 Å². The third kappa shape index (κ3) is 4.79. The lowest BCUT2D eigenvalue weighted by Crippen LogP contribution is -2.14. The number of nitrogens with zero attached hydrogens (tertiary/aromatic N) is 3. The summed E-state index contributed by atoms with van der Waals surface area (Å²) in [6, 6.07) is 27.8. The van der Waals surface area contributed by atoms with Gasteiger partial charge in [-0.05, 0) is 30.5 Å². The molecule has 5 rings (SSSR count). The van der Waals surface area contributed by atoms with Gasteiger partial charge in [0.15, 0.2) is 0 Å². The lowest BCUT2D eigenvalue weighted by molar-refractivity contribution is -0.113. The van der Waals surface area contributed by atoms with Crippen LogP contribution in [0.2, 0.25) is 0 Å². The van der Waals surface area contributed by atoms with Gasteiger partial charge >= 0.3 is 0 Å². The maximum absolute atomic E-state index is 12.5. The Kier molecular flexibility index (Phi) is 6.15. The minimum absolute atomic E-state index is 0.0759. The average molecular weight is 469 g/mol. The van der Waals surface area contributed by atoms with Crippen molar-refractivity contribution in [1.29, 1.82) is 0 Å². The molecule has 0 radical (unpaired) electrons. The van der Waals surface area contributed by atoms with E-state index in [2.05, 4.69) is 27.6 Å². The number of aryl methyl sites for hydroxylation is 1. The number of carbonyl (C=O) groups excluding carboxylic acids is 1. The van der Waals surface area contributed by atoms with E-state index < -0.39 is 0 Å². The van der Waals surface area contributed by atoms with Gasteiger partial charge in [-0.25, -0.2) is 4.98 Å². The number of rotatable bonds is 6. The minimum atomic E-state index is -0.0759. The Balaban J connectivity index is 1.24. The summed E-state index contributed by atoms with van der Waals surface area (Å²) in [6.07, 6.45) is 0. The first kappa shape index (κ1) is 21.3. The molecule has 7 heteroatoms. The van der Waals surface area contributed by atoms with Crippen LogP contribution in [0.15, 0.2) is 90.0 Å². The Hall–Kier alpha value is -3.55. The number of nitrogens with one attached hydrogen (secondary N) is 1. The van der Waals surface area contributed by atoms with E-state index >= 15 is 0 Å². The van der Waals surface area contributed by atoms with E-state index in [0.717, 1.165) is 43.3 Å². The molecular weight excluding hydrogens is 448 g/mol. The molecule has 0 atom stereocenters. The molecule has 1 N–H and O–H groups in total. The fraction of sp³-hybridized carbons (Fsp3) is 0.0769. The van der Waals surface area contributed by atoms with Crippen molar-refractivity contribution in [3.05, 3.63) is 90.6 Å². The van der Waals surface area contributed by atoms with E-state index in [-0.39, 0.29) is 11.7 Å². The SMILES string of the molecule is Cc1nc(-c2ccccc2)sc1-c1ccc(SCC(=O)Nc2cccc3ccccc23)nn1. The maximum Gasteiger partial charge on any atom is 0.234 e. The van der Waals surface area contributed by atoms with Crippen LogP contribution >= 0.6 is 23.1 Å². The molecule has 0 fully saturated rings. The second-order valence-electron chi connectivity index (χ2n) is 7.42. The predicted molar refractivity (Wildman–Crippen MR) is 137 cm³/mol. The third-order valence-electron chi connectivity index (χ3n) is 5.10. The molecule has 1 amide bonds. The van der Waals surface area contributed by atoms with Crippen LogP contribution in [0.25, 0.3) is 31.9 Å². The Morgan fingerprint density at radius 2 is 1.70 bits per heavy atom. The first-order valence-electron chi connectivity index (χ1n) is 10.4. The quantitative estimate of drug-likeness (QED) is 0.290. The summed E-state index contributed by atoms with van der Waals surface area (Å²) in [4.78, 5) is 18.2. The number of aromatic nitrogens is 3. The zero-order valence-corrected chi connectivity index (χ0v) is 19.5. The number of thioether (sulfide) groups is 1. The standard InChI is InChI=1S/C26H20N4OS2/c1-17-25(33-26(27-17)19-9-3-2-4-10-19)22-14-15-24(30-29-22)32-16-23(31)28-21-13-7-11-18-8-5-6-12-20(18)21/h2-15H,16H2,1H3,(H,28,31). The molecule has 5 aromatic rings. The molecule has 0 saturated heterocycles. The monoisotopic (exact) mass is 468 g/mol. The van der Waals surface area contributed by atoms with Crippen LogP contribution in [0.5, 0.6) is 0 Å². The van der Waals surface area contributed by atoms with E-state index in [1.54, 1.807) is 11.3 Å². The average Bonchev–Trinajstić information content (AvgIpc) is 3.25. The molecule has 0 aliphatic rings. The normalized spacial score (nSPS) is 10.9. The van der Waals surface area contributed by atoms with Gasteiger partial charge in [-0.15, -0.1) is 21.5 Å². The van der Waals surface area contributed by atoms with Crippen LogP contribution < -0.4 is 5.32 Å². The second kappa shape index (κ2) is 9.52. The molecule has 0 bridgehead atoms. The van der Waals surface area contributed by atoms with E-state index in [1.807, 2.05) is 79.7 Å². The van der Waals surface area contributed by atoms with Crippen LogP contribution in [0, 0.1) is 6.92 Å². The molecule has 2 heterocycles. The van der Waals surface area contributed by atoms with Crippen molar-refractivity contribution in [2.75, 3.05) is 11.1 Å². The Morgan fingerprint density at radius 1 is 0.909 bits per heavy atom. The van der Waals surface area contributed by atoms with Crippen LogP contribution in [0.4, 0.5) is 5.69 Å². The number of fused-ring (bicyclic) bond motifs is 1. The number of carbonyl (C=O) groups is 1. The predicted octanol–water partition coefficient (Wildman–Crippen LogP) is 6.46. The molecule has 0 aliphatic heterocycles. The van der Waals surface area contributed by atoms with E-state index in [9.17, 15) is 4.79 Å². The molecule has 2 aromatic heterocycles. The van der Waals surface area contributed by atoms with Gasteiger partial charge in [0.05, 0.1) is 16.3 Å². The van der Waals surface area contributed by atoms with Crippen molar-refractivity contribution in [1.82, 2.24) is 15.2 Å². The fourth-order valence-corrected chi connectivity index (χ4v) is 5.17. The number of benzene rings is 3. The van der Waals surface area contributed by atoms with E-state index in [1.165, 1.54) is 11.8 Å². The smallest absolute Gasteiger partial charge is 0.234 e. The molecule has 3 aromatic carbocycles. The molecule has 0 unspecified atom stereocenters. The van der Waals surface area contributed by atoms with Crippen molar-refractivity contribution in [2.45, 2.75) is 11.9 Å². The zero-order chi connectivity index (χ0) is 22.6. The van der Waals surface area contributed by atoms with Gasteiger partial charge in [0, 0.05) is 16.6 Å². The number of anilines is 1. The topological polar surface area (TPSA) is 67.8 Å². The second-order valence-corrected chi connectivity index (χ2v) is 9.41. The van der Waals surface area contributed by atoms with E-state index in [4.69, 9.17) is 4.98 Å². The third-order valence-corrected chi connectivity index (χ3v) is 7.25. The summed E-state index contributed by atoms with van der Waals surface area (Å²) in [6.45, 7) is 1.99. The van der Waals surface area contributed by atoms with Crippen molar-refractivity contribution < 1.29 is 4.79 Å². The summed E-state index contributed by atoms with van der Waals surface area (Å²) in [5.74, 6) is 0.183. The molecule has 162 valence electrons. The van der Waals surface area contributed by atoms with Crippen molar-refractivity contribution in [2.24, 2.45) is 0 Å². The number of amides is 1. The highest BCUT2D eigenvalue weighted by Gasteiger charge is 2.13. The molecule has 33 heavy (non-hydrogen) atoms. The van der Waals surface area contributed by atoms with Crippen molar-refractivity contribution >= 4 is 45.5 Å². The van der Waals surface area contributed by atoms with Crippen LogP contribution in [0.1, 0.15) is 5.69 Å². The summed E-state index contributed by atoms with van der Waals surface area (Å²) < 4.78 is 0. The number of hydrogen-bond donors (Lipinski definition) is 1. The van der Waals surface area contributed by atoms with Gasteiger partial charge in [-0.3, -0.25) is 4.79 Å². The van der Waals surface area contributed by atoms with Gasteiger partial charge in [-0.1, -0.05) is 78.5 Å². The van der Waals surface area contributed by atoms with Crippen molar-refractivity contribution in [3.63, 3.8) is 0 Å². The molecule has 0 aliphatic carbocycles. The highest BCUT2D eigenvalue weighted by Crippen LogP contribution is 2.34. The minimum Gasteiger partial charge on any atom is -0.325 e. The van der Waals surface area contributed by atoms with Gasteiger partial charge in [0.1, 0.15) is 15.7 Å². The lowest BCUT2D eigenvalue weighted by Gasteiger charge is -2.08. The molecule has 0 spiro atoms. The molecular formula is C26H20N4OS2. The number of hydrogen-bond acceptors (Lipinski definition) is 6. The summed E-state index contributed by atoms with van der Waals surface area (Å²) in [5.41, 5.74) is 3.63. The van der Waals surface area contributed by atoms with Gasteiger partial charge in [-0.2, -0.15) is 0 Å². The summed E-state index contributed by atoms with van der Waals surface area (Å²) >= 11 is 2.97. The largest absolute Gasteiger partial charge is 0.325 e. The van der Waals surface area contributed by atoms with E-state index in [0.29, 0.717) is 5.03 Å². The van der Waals surface area contributed by atoms with Gasteiger partial charge in [0.25, 0.3) is 0 Å². The Morgan fingerprint density at radius 3 is 2.52 bits per heavy atom. The van der Waals surface area contributed by atoms with Gasteiger partial charge < -0.3 is 5.32 Å². The Bertz CT molecular complexity index is 1410. The van der Waals surface area contributed by atoms with Crippen LogP contribution in [-0.2, 0) is 4.79 Å². The highest BCUT2D eigenvalue weighted by molar-refractivity contribution is 7.99. The Labute approximate surface area is 199 Å². The molecule has 5 nitrogen and oxygen atoms in total. The maximum atomic E-state index is 12.5. The fourth-order valence-electron chi connectivity index (χ4n) is 3.52.